The number of hydrogen-bond acceptors (Lipinski definition) is 2. The Kier molecular flexibility index (Phi) is 1.62. The lowest BCUT2D eigenvalue weighted by molar-refractivity contribution is -0.227. The molecular weight excluding hydrogens is 187 g/mol. The molecule has 0 saturated carbocycles. The summed E-state index contributed by atoms with van der Waals surface area (Å²) in [5.41, 5.74) is 0. The van der Waals surface area contributed by atoms with Gasteiger partial charge in [-0.2, -0.15) is 22.0 Å². The molecule has 68 valence electrons. The second-order valence-corrected chi connectivity index (χ2v) is 1.99. The van der Waals surface area contributed by atoms with E-state index in [2.05, 4.69) is 4.74 Å². The van der Waals surface area contributed by atoms with Gasteiger partial charge < -0.3 is 4.74 Å². The highest BCUT2D eigenvalue weighted by atomic mass is 19.4. The molecule has 0 saturated heterocycles. The van der Waals surface area contributed by atoms with E-state index in [0.29, 0.717) is 0 Å². The number of carbonyl (C=O) groups excluding carboxylic acids is 1. The Balaban J connectivity index is 2.90. The van der Waals surface area contributed by atoms with Crippen LogP contribution in [-0.2, 0) is 9.53 Å². The molecule has 0 aromatic carbocycles. The Labute approximate surface area is 62.6 Å². The molecule has 0 N–H and O–H groups in total. The molecule has 0 bridgehead atoms. The van der Waals surface area contributed by atoms with E-state index in [1.54, 1.807) is 0 Å². The van der Waals surface area contributed by atoms with Crippen molar-refractivity contribution >= 4 is 5.78 Å². The van der Waals surface area contributed by atoms with E-state index < -0.39 is 23.8 Å². The third kappa shape index (κ3) is 1.39. The molecule has 0 atom stereocenters. The lowest BCUT2D eigenvalue weighted by Crippen LogP contribution is -2.25. The van der Waals surface area contributed by atoms with Gasteiger partial charge in [0, 0.05) is 6.08 Å². The number of alkyl halides is 5. The third-order valence-electron chi connectivity index (χ3n) is 1.07. The van der Waals surface area contributed by atoms with Crippen molar-refractivity contribution in [2.75, 3.05) is 0 Å². The van der Waals surface area contributed by atoms with Gasteiger partial charge in [-0.25, -0.2) is 0 Å². The zero-order valence-electron chi connectivity index (χ0n) is 5.28. The number of hydrogen-bond donors (Lipinski definition) is 0. The summed E-state index contributed by atoms with van der Waals surface area (Å²) in [7, 11) is 0. The Morgan fingerprint density at radius 3 is 2.00 bits per heavy atom. The van der Waals surface area contributed by atoms with E-state index in [9.17, 15) is 26.7 Å². The molecule has 7 heteroatoms. The summed E-state index contributed by atoms with van der Waals surface area (Å²) < 4.78 is 61.9. The topological polar surface area (TPSA) is 26.3 Å². The summed E-state index contributed by atoms with van der Waals surface area (Å²) in [5.74, 6) is -3.95. The standard InChI is InChI=1S/C5HF5O2/c6-4(7,8)3-1-2(11)5(9,10)12-3/h1H. The monoisotopic (exact) mass is 188 g/mol. The molecule has 0 radical (unpaired) electrons. The smallest absolute Gasteiger partial charge is 0.421 e. The van der Waals surface area contributed by atoms with E-state index in [0.717, 1.165) is 0 Å². The van der Waals surface area contributed by atoms with Crippen LogP contribution in [-0.4, -0.2) is 18.1 Å². The van der Waals surface area contributed by atoms with Crippen molar-refractivity contribution < 1.29 is 31.5 Å². The summed E-state index contributed by atoms with van der Waals surface area (Å²) >= 11 is 0. The van der Waals surface area contributed by atoms with Crippen LogP contribution in [0.4, 0.5) is 22.0 Å². The van der Waals surface area contributed by atoms with Gasteiger partial charge in [0.05, 0.1) is 0 Å². The van der Waals surface area contributed by atoms with Gasteiger partial charge in [0.15, 0.2) is 0 Å². The average Bonchev–Trinajstić information content (AvgIpc) is 2.06. The van der Waals surface area contributed by atoms with Crippen LogP contribution < -0.4 is 0 Å². The van der Waals surface area contributed by atoms with Gasteiger partial charge in [-0.05, 0) is 0 Å². The lowest BCUT2D eigenvalue weighted by atomic mass is 10.3. The van der Waals surface area contributed by atoms with Gasteiger partial charge in [0.25, 0.3) is 5.78 Å². The Morgan fingerprint density at radius 1 is 1.33 bits per heavy atom. The van der Waals surface area contributed by atoms with E-state index in [4.69, 9.17) is 0 Å². The van der Waals surface area contributed by atoms with Gasteiger partial charge in [0.2, 0.25) is 5.76 Å². The lowest BCUT2D eigenvalue weighted by Gasteiger charge is -2.11. The minimum absolute atomic E-state index is 0.264. The predicted octanol–water partition coefficient (Wildman–Crippen LogP) is 1.62. The zero-order chi connectivity index (χ0) is 9.57. The van der Waals surface area contributed by atoms with E-state index in [1.165, 1.54) is 0 Å². The van der Waals surface area contributed by atoms with Gasteiger partial charge in [0.1, 0.15) is 0 Å². The van der Waals surface area contributed by atoms with E-state index >= 15 is 0 Å². The van der Waals surface area contributed by atoms with Gasteiger partial charge in [-0.15, -0.1) is 0 Å². The number of ketones is 1. The molecule has 2 nitrogen and oxygen atoms in total. The van der Waals surface area contributed by atoms with Crippen molar-refractivity contribution in [3.8, 4) is 0 Å². The van der Waals surface area contributed by atoms with Crippen LogP contribution in [0.5, 0.6) is 0 Å². The van der Waals surface area contributed by atoms with Crippen LogP contribution >= 0.6 is 0 Å². The molecule has 0 amide bonds. The first kappa shape index (κ1) is 8.95. The average molecular weight is 188 g/mol. The molecule has 1 rings (SSSR count). The van der Waals surface area contributed by atoms with Crippen LogP contribution in [0.3, 0.4) is 0 Å². The fourth-order valence-corrected chi connectivity index (χ4v) is 0.561. The molecule has 0 fully saturated rings. The van der Waals surface area contributed by atoms with E-state index in [-0.39, 0.29) is 6.08 Å². The van der Waals surface area contributed by atoms with Crippen molar-refractivity contribution in [2.24, 2.45) is 0 Å². The molecule has 1 aliphatic heterocycles. The van der Waals surface area contributed by atoms with Crippen molar-refractivity contribution in [3.63, 3.8) is 0 Å². The molecule has 0 aliphatic carbocycles. The first-order chi connectivity index (χ1) is 5.23. The second kappa shape index (κ2) is 2.18. The molecule has 0 unspecified atom stereocenters. The Morgan fingerprint density at radius 2 is 1.83 bits per heavy atom. The van der Waals surface area contributed by atoms with Crippen LogP contribution in [0.1, 0.15) is 0 Å². The number of allylic oxidation sites excluding steroid dienone is 1. The fourth-order valence-electron chi connectivity index (χ4n) is 0.561. The molecule has 1 heterocycles. The second-order valence-electron chi connectivity index (χ2n) is 1.99. The molecule has 1 aliphatic rings. The maximum absolute atomic E-state index is 12.0. The summed E-state index contributed by atoms with van der Waals surface area (Å²) in [6, 6.07) is 0. The van der Waals surface area contributed by atoms with Gasteiger partial charge in [-0.1, -0.05) is 0 Å². The first-order valence-electron chi connectivity index (χ1n) is 2.63. The molecular formula is C5HF5O2. The summed E-state index contributed by atoms with van der Waals surface area (Å²) in [4.78, 5) is 10.1. The first-order valence-corrected chi connectivity index (χ1v) is 2.63. The quantitative estimate of drug-likeness (QED) is 0.540. The van der Waals surface area contributed by atoms with Crippen molar-refractivity contribution in [1.82, 2.24) is 0 Å². The minimum atomic E-state index is -5.05. The predicted molar refractivity (Wildman–Crippen MR) is 25.2 cm³/mol. The van der Waals surface area contributed by atoms with Gasteiger partial charge >= 0.3 is 12.3 Å². The third-order valence-corrected chi connectivity index (χ3v) is 1.07. The van der Waals surface area contributed by atoms with Crippen LogP contribution in [0, 0.1) is 0 Å². The molecule has 0 aromatic heterocycles. The number of rotatable bonds is 0. The van der Waals surface area contributed by atoms with Crippen LogP contribution in [0.2, 0.25) is 0 Å². The zero-order valence-corrected chi connectivity index (χ0v) is 5.28. The number of carbonyl (C=O) groups is 1. The molecule has 12 heavy (non-hydrogen) atoms. The largest absolute Gasteiger partial charge is 0.465 e. The van der Waals surface area contributed by atoms with E-state index in [1.807, 2.05) is 0 Å². The number of ether oxygens (including phenoxy) is 1. The van der Waals surface area contributed by atoms with Crippen LogP contribution in [0.25, 0.3) is 0 Å². The maximum Gasteiger partial charge on any atom is 0.465 e. The summed E-state index contributed by atoms with van der Waals surface area (Å²) in [5, 5.41) is 0. The summed E-state index contributed by atoms with van der Waals surface area (Å²) in [6.07, 6.45) is -9.68. The Hall–Kier alpha value is -1.14. The highest BCUT2D eigenvalue weighted by Gasteiger charge is 2.53. The Bertz CT molecular complexity index is 251. The molecule has 0 spiro atoms. The normalized spacial score (nSPS) is 22.1. The summed E-state index contributed by atoms with van der Waals surface area (Å²) in [6.45, 7) is 0. The minimum Gasteiger partial charge on any atom is -0.421 e. The van der Waals surface area contributed by atoms with Crippen molar-refractivity contribution in [1.29, 1.82) is 0 Å². The van der Waals surface area contributed by atoms with Crippen molar-refractivity contribution in [2.45, 2.75) is 12.3 Å². The fraction of sp³-hybridized carbons (Fsp3) is 0.400. The highest BCUT2D eigenvalue weighted by Crippen LogP contribution is 2.37. The molecule has 0 aromatic rings. The number of halogens is 5. The van der Waals surface area contributed by atoms with Crippen molar-refractivity contribution in [3.05, 3.63) is 11.8 Å². The maximum atomic E-state index is 12.0. The SMILES string of the molecule is O=C1C=C(C(F)(F)F)OC1(F)F. The highest BCUT2D eigenvalue weighted by molar-refractivity contribution is 5.97. The van der Waals surface area contributed by atoms with Gasteiger partial charge in [-0.3, -0.25) is 4.79 Å². The van der Waals surface area contributed by atoms with Crippen LogP contribution in [0.15, 0.2) is 11.8 Å².